The average molecular weight is 338 g/mol. The van der Waals surface area contributed by atoms with Crippen LogP contribution in [0.3, 0.4) is 0 Å². The van der Waals surface area contributed by atoms with Crippen molar-refractivity contribution >= 4 is 23.2 Å². The molecule has 2 amide bonds. The average Bonchev–Trinajstić information content (AvgIpc) is 2.77. The quantitative estimate of drug-likeness (QED) is 0.927. The minimum atomic E-state index is -0.625. The number of hydrogen-bond acceptors (Lipinski definition) is 3. The number of fused-ring (bicyclic) bond motifs is 1. The summed E-state index contributed by atoms with van der Waals surface area (Å²) >= 11 is 0. The molecule has 0 radical (unpaired) electrons. The largest absolute Gasteiger partial charge is 0.494 e. The maximum absolute atomic E-state index is 12.6. The first-order valence-corrected chi connectivity index (χ1v) is 8.31. The molecule has 1 heterocycles. The minimum Gasteiger partial charge on any atom is -0.494 e. The summed E-state index contributed by atoms with van der Waals surface area (Å²) in [4.78, 5) is 26.6. The molecule has 2 aromatic carbocycles. The number of amides is 2. The lowest BCUT2D eigenvalue weighted by Gasteiger charge is -2.16. The first-order valence-electron chi connectivity index (χ1n) is 8.31. The fourth-order valence-corrected chi connectivity index (χ4v) is 3.12. The van der Waals surface area contributed by atoms with Crippen molar-refractivity contribution in [3.8, 4) is 5.75 Å². The van der Waals surface area contributed by atoms with Crippen LogP contribution in [0.4, 0.5) is 11.4 Å². The smallest absolute Gasteiger partial charge is 0.255 e. The van der Waals surface area contributed by atoms with Crippen LogP contribution in [0.1, 0.15) is 36.7 Å². The van der Waals surface area contributed by atoms with E-state index in [1.54, 1.807) is 36.2 Å². The fraction of sp³-hybridized carbons (Fsp3) is 0.300. The molecule has 1 N–H and O–H groups in total. The van der Waals surface area contributed by atoms with E-state index in [2.05, 4.69) is 5.32 Å². The van der Waals surface area contributed by atoms with E-state index in [9.17, 15) is 9.59 Å². The van der Waals surface area contributed by atoms with Gasteiger partial charge in [0, 0.05) is 24.0 Å². The Morgan fingerprint density at radius 3 is 2.48 bits per heavy atom. The molecule has 0 saturated heterocycles. The molecule has 5 heteroatoms. The van der Waals surface area contributed by atoms with Gasteiger partial charge in [0.05, 0.1) is 12.0 Å². The zero-order valence-electron chi connectivity index (χ0n) is 14.9. The lowest BCUT2D eigenvalue weighted by atomic mass is 9.85. The topological polar surface area (TPSA) is 58.6 Å². The van der Waals surface area contributed by atoms with E-state index < -0.39 is 5.41 Å². The van der Waals surface area contributed by atoms with Crippen LogP contribution in [-0.2, 0) is 10.2 Å². The van der Waals surface area contributed by atoms with Gasteiger partial charge in [-0.05, 0) is 68.8 Å². The third-order valence-corrected chi connectivity index (χ3v) is 4.56. The molecule has 0 saturated carbocycles. The van der Waals surface area contributed by atoms with Gasteiger partial charge in [-0.3, -0.25) is 9.59 Å². The van der Waals surface area contributed by atoms with E-state index in [0.717, 1.165) is 17.0 Å². The molecule has 0 bridgehead atoms. The summed E-state index contributed by atoms with van der Waals surface area (Å²) in [7, 11) is 1.76. The van der Waals surface area contributed by atoms with Crippen molar-refractivity contribution < 1.29 is 14.3 Å². The number of hydrogen-bond donors (Lipinski definition) is 1. The van der Waals surface area contributed by atoms with Gasteiger partial charge in [-0.15, -0.1) is 0 Å². The Labute approximate surface area is 147 Å². The van der Waals surface area contributed by atoms with E-state index in [1.165, 1.54) is 0 Å². The molecule has 0 fully saturated rings. The standard InChI is InChI=1S/C20H22N2O3/c1-5-25-15-9-7-14(8-10-15)21-18(23)13-6-11-17-16(12-13)20(2,3)19(24)22(17)4/h6-12H,5H2,1-4H3,(H,21,23). The second-order valence-corrected chi connectivity index (χ2v) is 6.63. The summed E-state index contributed by atoms with van der Waals surface area (Å²) in [6, 6.07) is 12.6. The zero-order chi connectivity index (χ0) is 18.2. The number of nitrogens with zero attached hydrogens (tertiary/aromatic N) is 1. The van der Waals surface area contributed by atoms with E-state index in [4.69, 9.17) is 4.74 Å². The lowest BCUT2D eigenvalue weighted by Crippen LogP contribution is -2.33. The number of carbonyl (C=O) groups excluding carboxylic acids is 2. The van der Waals surface area contributed by atoms with Crippen molar-refractivity contribution in [2.45, 2.75) is 26.2 Å². The Bertz CT molecular complexity index is 825. The lowest BCUT2D eigenvalue weighted by molar-refractivity contribution is -0.121. The van der Waals surface area contributed by atoms with Crippen molar-refractivity contribution in [3.05, 3.63) is 53.6 Å². The highest BCUT2D eigenvalue weighted by Gasteiger charge is 2.42. The number of likely N-dealkylation sites (N-methyl/N-ethyl adjacent to an activating group) is 1. The maximum Gasteiger partial charge on any atom is 0.255 e. The van der Waals surface area contributed by atoms with E-state index in [1.807, 2.05) is 39.0 Å². The van der Waals surface area contributed by atoms with Gasteiger partial charge in [-0.1, -0.05) is 0 Å². The Balaban J connectivity index is 1.82. The molecule has 1 aliphatic heterocycles. The molecule has 0 atom stereocenters. The molecule has 130 valence electrons. The summed E-state index contributed by atoms with van der Waals surface area (Å²) in [5, 5.41) is 2.88. The summed E-state index contributed by atoms with van der Waals surface area (Å²) in [5.41, 5.74) is 2.33. The third-order valence-electron chi connectivity index (χ3n) is 4.56. The molecule has 0 unspecified atom stereocenters. The van der Waals surface area contributed by atoms with Gasteiger partial charge in [0.1, 0.15) is 5.75 Å². The highest BCUT2D eigenvalue weighted by Crippen LogP contribution is 2.41. The molecule has 0 aliphatic carbocycles. The van der Waals surface area contributed by atoms with Crippen LogP contribution in [0.25, 0.3) is 0 Å². The van der Waals surface area contributed by atoms with Crippen molar-refractivity contribution in [2.75, 3.05) is 23.9 Å². The van der Waals surface area contributed by atoms with E-state index in [-0.39, 0.29) is 11.8 Å². The van der Waals surface area contributed by atoms with Crippen molar-refractivity contribution in [2.24, 2.45) is 0 Å². The van der Waals surface area contributed by atoms with Gasteiger partial charge in [-0.2, -0.15) is 0 Å². The number of anilines is 2. The summed E-state index contributed by atoms with van der Waals surface area (Å²) in [6.07, 6.45) is 0. The van der Waals surface area contributed by atoms with Gasteiger partial charge in [0.15, 0.2) is 0 Å². The Morgan fingerprint density at radius 2 is 1.84 bits per heavy atom. The summed E-state index contributed by atoms with van der Waals surface area (Å²) in [5.74, 6) is 0.595. The highest BCUT2D eigenvalue weighted by atomic mass is 16.5. The maximum atomic E-state index is 12.6. The molecular weight excluding hydrogens is 316 g/mol. The third kappa shape index (κ3) is 2.97. The molecule has 2 aromatic rings. The van der Waals surface area contributed by atoms with Gasteiger partial charge in [0.2, 0.25) is 5.91 Å². The van der Waals surface area contributed by atoms with Gasteiger partial charge >= 0.3 is 0 Å². The summed E-state index contributed by atoms with van der Waals surface area (Å²) < 4.78 is 5.39. The normalized spacial score (nSPS) is 15.0. The van der Waals surface area contributed by atoms with Crippen LogP contribution in [0.15, 0.2) is 42.5 Å². The van der Waals surface area contributed by atoms with Gasteiger partial charge in [0.25, 0.3) is 5.91 Å². The predicted molar refractivity (Wildman–Crippen MR) is 98.4 cm³/mol. The number of benzene rings is 2. The van der Waals surface area contributed by atoms with Crippen LogP contribution >= 0.6 is 0 Å². The number of rotatable bonds is 4. The van der Waals surface area contributed by atoms with Crippen LogP contribution in [-0.4, -0.2) is 25.5 Å². The van der Waals surface area contributed by atoms with Crippen LogP contribution < -0.4 is 15.0 Å². The first kappa shape index (κ1) is 17.0. The van der Waals surface area contributed by atoms with Crippen molar-refractivity contribution in [1.82, 2.24) is 0 Å². The number of carbonyl (C=O) groups is 2. The minimum absolute atomic E-state index is 0.0339. The van der Waals surface area contributed by atoms with Crippen molar-refractivity contribution in [1.29, 1.82) is 0 Å². The molecule has 0 spiro atoms. The molecular formula is C20H22N2O3. The highest BCUT2D eigenvalue weighted by molar-refractivity contribution is 6.10. The van der Waals surface area contributed by atoms with E-state index >= 15 is 0 Å². The second-order valence-electron chi connectivity index (χ2n) is 6.63. The van der Waals surface area contributed by atoms with Gasteiger partial charge in [-0.25, -0.2) is 0 Å². The van der Waals surface area contributed by atoms with Crippen LogP contribution in [0.2, 0.25) is 0 Å². The van der Waals surface area contributed by atoms with E-state index in [0.29, 0.717) is 17.9 Å². The molecule has 0 aromatic heterocycles. The van der Waals surface area contributed by atoms with Gasteiger partial charge < -0.3 is 15.0 Å². The Kier molecular flexibility index (Phi) is 4.25. The monoisotopic (exact) mass is 338 g/mol. The Hall–Kier alpha value is -2.82. The zero-order valence-corrected chi connectivity index (χ0v) is 14.9. The molecule has 5 nitrogen and oxygen atoms in total. The fourth-order valence-electron chi connectivity index (χ4n) is 3.12. The second kappa shape index (κ2) is 6.24. The summed E-state index contributed by atoms with van der Waals surface area (Å²) in [6.45, 7) is 6.29. The first-order chi connectivity index (χ1) is 11.8. The van der Waals surface area contributed by atoms with Crippen LogP contribution in [0.5, 0.6) is 5.75 Å². The predicted octanol–water partition coefficient (Wildman–Crippen LogP) is 3.59. The Morgan fingerprint density at radius 1 is 1.16 bits per heavy atom. The number of ether oxygens (including phenoxy) is 1. The molecule has 3 rings (SSSR count). The number of nitrogens with one attached hydrogen (secondary N) is 1. The molecule has 1 aliphatic rings. The van der Waals surface area contributed by atoms with Crippen molar-refractivity contribution in [3.63, 3.8) is 0 Å². The van der Waals surface area contributed by atoms with Crippen LogP contribution in [0, 0.1) is 0 Å². The molecule has 25 heavy (non-hydrogen) atoms. The SMILES string of the molecule is CCOc1ccc(NC(=O)c2ccc3c(c2)C(C)(C)C(=O)N3C)cc1.